The number of benzene rings is 1. The average molecular weight is 233 g/mol. The van der Waals surface area contributed by atoms with Crippen LogP contribution in [-0.4, -0.2) is 11.1 Å². The summed E-state index contributed by atoms with van der Waals surface area (Å²) in [6.45, 7) is 3.08. The van der Waals surface area contributed by atoms with E-state index in [0.29, 0.717) is 11.8 Å². The van der Waals surface area contributed by atoms with Gasteiger partial charge in [0, 0.05) is 18.2 Å². The molecular formula is C15H23NO. The number of hydrogen-bond donors (Lipinski definition) is 2. The second kappa shape index (κ2) is 6.06. The number of phenols is 1. The minimum Gasteiger partial charge on any atom is -0.508 e. The van der Waals surface area contributed by atoms with Gasteiger partial charge in [0.15, 0.2) is 0 Å². The van der Waals surface area contributed by atoms with Crippen molar-refractivity contribution in [3.63, 3.8) is 0 Å². The molecule has 0 radical (unpaired) electrons. The minimum atomic E-state index is 0.405. The van der Waals surface area contributed by atoms with E-state index in [1.165, 1.54) is 32.1 Å². The van der Waals surface area contributed by atoms with E-state index in [0.717, 1.165) is 18.0 Å². The molecule has 0 aliphatic heterocycles. The zero-order valence-corrected chi connectivity index (χ0v) is 10.7. The van der Waals surface area contributed by atoms with Crippen LogP contribution in [0.4, 0.5) is 0 Å². The second-order valence-corrected chi connectivity index (χ2v) is 5.14. The van der Waals surface area contributed by atoms with Crippen molar-refractivity contribution in [3.8, 4) is 5.75 Å². The van der Waals surface area contributed by atoms with Crippen LogP contribution in [-0.2, 0) is 6.54 Å². The lowest BCUT2D eigenvalue weighted by Crippen LogP contribution is -2.32. The fourth-order valence-corrected chi connectivity index (χ4v) is 2.69. The van der Waals surface area contributed by atoms with Gasteiger partial charge < -0.3 is 10.4 Å². The van der Waals surface area contributed by atoms with Gasteiger partial charge in [-0.3, -0.25) is 0 Å². The summed E-state index contributed by atoms with van der Waals surface area (Å²) in [7, 11) is 0. The van der Waals surface area contributed by atoms with Gasteiger partial charge in [0.1, 0.15) is 5.75 Å². The van der Waals surface area contributed by atoms with Gasteiger partial charge in [-0.2, -0.15) is 0 Å². The van der Waals surface area contributed by atoms with Crippen molar-refractivity contribution in [2.24, 2.45) is 5.92 Å². The Kier molecular flexibility index (Phi) is 4.43. The third-order valence-corrected chi connectivity index (χ3v) is 4.00. The van der Waals surface area contributed by atoms with Crippen molar-refractivity contribution >= 4 is 0 Å². The van der Waals surface area contributed by atoms with Crippen molar-refractivity contribution in [3.05, 3.63) is 29.8 Å². The van der Waals surface area contributed by atoms with E-state index >= 15 is 0 Å². The first-order valence-electron chi connectivity index (χ1n) is 6.80. The van der Waals surface area contributed by atoms with Gasteiger partial charge in [0.2, 0.25) is 0 Å². The number of para-hydroxylation sites is 1. The van der Waals surface area contributed by atoms with Crippen molar-refractivity contribution < 1.29 is 5.11 Å². The molecule has 0 amide bonds. The summed E-state index contributed by atoms with van der Waals surface area (Å²) >= 11 is 0. The van der Waals surface area contributed by atoms with Gasteiger partial charge in [-0.15, -0.1) is 0 Å². The van der Waals surface area contributed by atoms with Gasteiger partial charge in [-0.25, -0.2) is 0 Å². The van der Waals surface area contributed by atoms with E-state index in [4.69, 9.17) is 0 Å². The van der Waals surface area contributed by atoms with E-state index in [1.54, 1.807) is 6.07 Å². The summed E-state index contributed by atoms with van der Waals surface area (Å²) in [6.07, 6.45) is 6.61. The third kappa shape index (κ3) is 3.47. The fourth-order valence-electron chi connectivity index (χ4n) is 2.69. The normalized spacial score (nSPS) is 24.8. The number of hydrogen-bond acceptors (Lipinski definition) is 2. The average Bonchev–Trinajstić information content (AvgIpc) is 2.38. The molecule has 2 rings (SSSR count). The maximum absolute atomic E-state index is 9.68. The Balaban J connectivity index is 1.78. The Morgan fingerprint density at radius 1 is 1.18 bits per heavy atom. The highest BCUT2D eigenvalue weighted by atomic mass is 16.3. The quantitative estimate of drug-likeness (QED) is 0.835. The van der Waals surface area contributed by atoms with Crippen molar-refractivity contribution in [1.82, 2.24) is 5.32 Å². The van der Waals surface area contributed by atoms with E-state index in [2.05, 4.69) is 12.2 Å². The topological polar surface area (TPSA) is 32.3 Å². The van der Waals surface area contributed by atoms with Crippen LogP contribution in [0.25, 0.3) is 0 Å². The summed E-state index contributed by atoms with van der Waals surface area (Å²) in [5, 5.41) is 13.2. The molecule has 0 unspecified atom stereocenters. The zero-order chi connectivity index (χ0) is 12.1. The molecule has 17 heavy (non-hydrogen) atoms. The molecule has 2 heteroatoms. The number of phenolic OH excluding ortho intramolecular Hbond substituents is 1. The van der Waals surface area contributed by atoms with Gasteiger partial charge in [-0.05, 0) is 37.7 Å². The highest BCUT2D eigenvalue weighted by Crippen LogP contribution is 2.27. The standard InChI is InChI=1S/C15H23NO/c1-2-12-7-9-14(10-8-12)16-11-13-5-3-4-6-15(13)17/h3-6,12,14,16-17H,2,7-11H2,1H3. The first-order valence-corrected chi connectivity index (χ1v) is 6.80. The molecule has 1 aliphatic carbocycles. The molecule has 0 bridgehead atoms. The highest BCUT2D eigenvalue weighted by Gasteiger charge is 2.19. The Morgan fingerprint density at radius 3 is 2.53 bits per heavy atom. The molecule has 2 N–H and O–H groups in total. The molecule has 1 saturated carbocycles. The first kappa shape index (κ1) is 12.4. The summed E-state index contributed by atoms with van der Waals surface area (Å²) in [5.41, 5.74) is 1.00. The zero-order valence-electron chi connectivity index (χ0n) is 10.7. The van der Waals surface area contributed by atoms with Gasteiger partial charge in [0.05, 0.1) is 0 Å². The van der Waals surface area contributed by atoms with Crippen LogP contribution >= 0.6 is 0 Å². The van der Waals surface area contributed by atoms with Gasteiger partial charge >= 0.3 is 0 Å². The lowest BCUT2D eigenvalue weighted by atomic mass is 9.84. The monoisotopic (exact) mass is 233 g/mol. The lowest BCUT2D eigenvalue weighted by Gasteiger charge is -2.28. The fraction of sp³-hybridized carbons (Fsp3) is 0.600. The molecule has 1 fully saturated rings. The molecule has 0 aromatic heterocycles. The Labute approximate surface area is 104 Å². The van der Waals surface area contributed by atoms with Crippen LogP contribution in [0.3, 0.4) is 0 Å². The predicted molar refractivity (Wildman–Crippen MR) is 71.0 cm³/mol. The molecular weight excluding hydrogens is 210 g/mol. The minimum absolute atomic E-state index is 0.405. The van der Waals surface area contributed by atoms with Crippen LogP contribution in [0.1, 0.15) is 44.6 Å². The predicted octanol–water partition coefficient (Wildman–Crippen LogP) is 3.45. The maximum Gasteiger partial charge on any atom is 0.120 e. The molecule has 0 spiro atoms. The molecule has 1 aromatic carbocycles. The van der Waals surface area contributed by atoms with Crippen LogP contribution < -0.4 is 5.32 Å². The number of rotatable bonds is 4. The maximum atomic E-state index is 9.68. The molecule has 0 heterocycles. The smallest absolute Gasteiger partial charge is 0.120 e. The Morgan fingerprint density at radius 2 is 1.88 bits per heavy atom. The second-order valence-electron chi connectivity index (χ2n) is 5.14. The van der Waals surface area contributed by atoms with E-state index in [1.807, 2.05) is 18.2 Å². The SMILES string of the molecule is CCC1CCC(NCc2ccccc2O)CC1. The van der Waals surface area contributed by atoms with Gasteiger partial charge in [-0.1, -0.05) is 31.5 Å². The van der Waals surface area contributed by atoms with E-state index in [-0.39, 0.29) is 0 Å². The summed E-state index contributed by atoms with van der Waals surface area (Å²) in [6, 6.07) is 8.22. The highest BCUT2D eigenvalue weighted by molar-refractivity contribution is 5.31. The van der Waals surface area contributed by atoms with E-state index < -0.39 is 0 Å². The summed E-state index contributed by atoms with van der Waals surface area (Å²) in [5.74, 6) is 1.35. The third-order valence-electron chi connectivity index (χ3n) is 4.00. The van der Waals surface area contributed by atoms with Crippen LogP contribution in [0.5, 0.6) is 5.75 Å². The van der Waals surface area contributed by atoms with Crippen LogP contribution in [0.2, 0.25) is 0 Å². The Hall–Kier alpha value is -1.02. The Bertz CT molecular complexity index is 343. The summed E-state index contributed by atoms with van der Waals surface area (Å²) < 4.78 is 0. The molecule has 0 saturated heterocycles. The van der Waals surface area contributed by atoms with Crippen molar-refractivity contribution in [1.29, 1.82) is 0 Å². The largest absolute Gasteiger partial charge is 0.508 e. The van der Waals surface area contributed by atoms with Crippen molar-refractivity contribution in [2.75, 3.05) is 0 Å². The first-order chi connectivity index (χ1) is 8.29. The molecule has 94 valence electrons. The van der Waals surface area contributed by atoms with Crippen molar-refractivity contribution in [2.45, 2.75) is 51.6 Å². The lowest BCUT2D eigenvalue weighted by molar-refractivity contribution is 0.284. The van der Waals surface area contributed by atoms with E-state index in [9.17, 15) is 5.11 Å². The van der Waals surface area contributed by atoms with Crippen LogP contribution in [0.15, 0.2) is 24.3 Å². The number of nitrogens with one attached hydrogen (secondary N) is 1. The molecule has 1 aliphatic rings. The summed E-state index contributed by atoms with van der Waals surface area (Å²) in [4.78, 5) is 0. The molecule has 0 atom stereocenters. The van der Waals surface area contributed by atoms with Crippen LogP contribution in [0, 0.1) is 5.92 Å². The molecule has 2 nitrogen and oxygen atoms in total. The van der Waals surface area contributed by atoms with Gasteiger partial charge in [0.25, 0.3) is 0 Å². The number of aromatic hydroxyl groups is 1. The molecule has 1 aromatic rings.